The Bertz CT molecular complexity index is 522. The highest BCUT2D eigenvalue weighted by atomic mass is 16.6. The van der Waals surface area contributed by atoms with E-state index in [1.54, 1.807) is 6.92 Å². The molecule has 0 aliphatic heterocycles. The largest absolute Gasteiger partial charge is 0.264 e. The van der Waals surface area contributed by atoms with Crippen LogP contribution >= 0.6 is 0 Å². The number of benzene rings is 2. The van der Waals surface area contributed by atoms with Crippen LogP contribution in [0.25, 0.3) is 10.8 Å². The third-order valence-electron chi connectivity index (χ3n) is 2.70. The summed E-state index contributed by atoms with van der Waals surface area (Å²) in [6, 6.07) is 13.5. The van der Waals surface area contributed by atoms with E-state index in [2.05, 4.69) is 0 Å². The van der Waals surface area contributed by atoms with Crippen molar-refractivity contribution in [1.29, 1.82) is 0 Å². The first-order chi connectivity index (χ1) is 7.66. The standard InChI is InChI=1S/C13H13NO2/c1-10(14(15)16)8-11-6-7-12-4-2-3-5-13(12)9-11/h2-7,9-10H,8H2,1H3. The Morgan fingerprint density at radius 1 is 1.19 bits per heavy atom. The van der Waals surface area contributed by atoms with Crippen molar-refractivity contribution in [2.45, 2.75) is 19.4 Å². The average Bonchev–Trinajstić information content (AvgIpc) is 2.28. The highest BCUT2D eigenvalue weighted by molar-refractivity contribution is 5.82. The summed E-state index contributed by atoms with van der Waals surface area (Å²) in [5.74, 6) is 0. The van der Waals surface area contributed by atoms with E-state index in [0.29, 0.717) is 6.42 Å². The molecule has 3 nitrogen and oxygen atoms in total. The van der Waals surface area contributed by atoms with Crippen molar-refractivity contribution in [2.24, 2.45) is 0 Å². The molecule has 0 radical (unpaired) electrons. The minimum Gasteiger partial charge on any atom is -0.264 e. The molecule has 82 valence electrons. The number of fused-ring (bicyclic) bond motifs is 1. The molecule has 1 unspecified atom stereocenters. The molecule has 0 N–H and O–H groups in total. The summed E-state index contributed by atoms with van der Waals surface area (Å²) in [4.78, 5) is 10.3. The molecule has 0 saturated heterocycles. The monoisotopic (exact) mass is 215 g/mol. The molecule has 0 spiro atoms. The summed E-state index contributed by atoms with van der Waals surface area (Å²) in [6.07, 6.45) is 0.484. The van der Waals surface area contributed by atoms with Crippen LogP contribution in [0.5, 0.6) is 0 Å². The van der Waals surface area contributed by atoms with Gasteiger partial charge in [-0.3, -0.25) is 10.1 Å². The molecule has 0 bridgehead atoms. The summed E-state index contributed by atoms with van der Waals surface area (Å²) in [6.45, 7) is 1.63. The fourth-order valence-corrected chi connectivity index (χ4v) is 1.78. The van der Waals surface area contributed by atoms with Crippen LogP contribution in [0.4, 0.5) is 0 Å². The van der Waals surface area contributed by atoms with Crippen LogP contribution in [0.15, 0.2) is 42.5 Å². The van der Waals surface area contributed by atoms with Gasteiger partial charge in [0, 0.05) is 18.3 Å². The van der Waals surface area contributed by atoms with E-state index >= 15 is 0 Å². The van der Waals surface area contributed by atoms with Gasteiger partial charge in [-0.25, -0.2) is 0 Å². The molecule has 1 atom stereocenters. The minimum absolute atomic E-state index is 0.241. The van der Waals surface area contributed by atoms with Crippen LogP contribution in [-0.4, -0.2) is 11.0 Å². The van der Waals surface area contributed by atoms with Gasteiger partial charge < -0.3 is 0 Å². The number of nitro groups is 1. The average molecular weight is 215 g/mol. The molecule has 2 rings (SSSR count). The first-order valence-electron chi connectivity index (χ1n) is 5.28. The second-order valence-electron chi connectivity index (χ2n) is 4.02. The molecule has 3 heteroatoms. The normalized spacial score (nSPS) is 12.6. The van der Waals surface area contributed by atoms with Gasteiger partial charge in [-0.2, -0.15) is 0 Å². The van der Waals surface area contributed by atoms with Crippen LogP contribution in [0, 0.1) is 10.1 Å². The Kier molecular flexibility index (Phi) is 2.86. The smallest absolute Gasteiger partial charge is 0.214 e. The van der Waals surface area contributed by atoms with E-state index in [4.69, 9.17) is 0 Å². The summed E-state index contributed by atoms with van der Waals surface area (Å²) in [5, 5.41) is 12.9. The van der Waals surface area contributed by atoms with Crippen LogP contribution in [0.2, 0.25) is 0 Å². The van der Waals surface area contributed by atoms with Crippen molar-refractivity contribution in [3.8, 4) is 0 Å². The second kappa shape index (κ2) is 4.31. The van der Waals surface area contributed by atoms with Gasteiger partial charge in [0.15, 0.2) is 0 Å². The van der Waals surface area contributed by atoms with Crippen molar-refractivity contribution in [1.82, 2.24) is 0 Å². The SMILES string of the molecule is CC(Cc1ccc2ccccc2c1)[N+](=O)[O-]. The van der Waals surface area contributed by atoms with Gasteiger partial charge in [-0.1, -0.05) is 42.5 Å². The summed E-state index contributed by atoms with van der Waals surface area (Å²) < 4.78 is 0. The fraction of sp³-hybridized carbons (Fsp3) is 0.231. The molecular weight excluding hydrogens is 202 g/mol. The van der Waals surface area contributed by atoms with E-state index in [1.807, 2.05) is 42.5 Å². The van der Waals surface area contributed by atoms with Crippen LogP contribution in [0.1, 0.15) is 12.5 Å². The van der Waals surface area contributed by atoms with Gasteiger partial charge in [0.1, 0.15) is 0 Å². The first-order valence-corrected chi connectivity index (χ1v) is 5.28. The fourth-order valence-electron chi connectivity index (χ4n) is 1.78. The van der Waals surface area contributed by atoms with Crippen molar-refractivity contribution < 1.29 is 4.92 Å². The van der Waals surface area contributed by atoms with Gasteiger partial charge in [0.05, 0.1) is 0 Å². The van der Waals surface area contributed by atoms with E-state index in [-0.39, 0.29) is 4.92 Å². The van der Waals surface area contributed by atoms with Crippen molar-refractivity contribution in [3.63, 3.8) is 0 Å². The van der Waals surface area contributed by atoms with Gasteiger partial charge >= 0.3 is 0 Å². The zero-order valence-corrected chi connectivity index (χ0v) is 9.09. The van der Waals surface area contributed by atoms with Crippen molar-refractivity contribution in [2.75, 3.05) is 0 Å². The molecule has 0 fully saturated rings. The van der Waals surface area contributed by atoms with Gasteiger partial charge in [0.25, 0.3) is 0 Å². The Morgan fingerprint density at radius 2 is 1.88 bits per heavy atom. The lowest BCUT2D eigenvalue weighted by Crippen LogP contribution is -2.17. The predicted octanol–water partition coefficient (Wildman–Crippen LogP) is 3.05. The number of hydrogen-bond acceptors (Lipinski definition) is 2. The van der Waals surface area contributed by atoms with Gasteiger partial charge in [-0.05, 0) is 16.3 Å². The van der Waals surface area contributed by atoms with E-state index < -0.39 is 6.04 Å². The van der Waals surface area contributed by atoms with E-state index in [0.717, 1.165) is 10.9 Å². The first kappa shape index (κ1) is 10.6. The topological polar surface area (TPSA) is 43.1 Å². The molecule has 0 amide bonds. The third kappa shape index (κ3) is 2.19. The molecule has 16 heavy (non-hydrogen) atoms. The van der Waals surface area contributed by atoms with Crippen molar-refractivity contribution in [3.05, 3.63) is 58.1 Å². The molecular formula is C13H13NO2. The molecule has 0 saturated carbocycles. The Balaban J connectivity index is 2.29. The highest BCUT2D eigenvalue weighted by Crippen LogP contribution is 2.16. The number of nitrogens with zero attached hydrogens (tertiary/aromatic N) is 1. The maximum atomic E-state index is 10.6. The highest BCUT2D eigenvalue weighted by Gasteiger charge is 2.13. The maximum absolute atomic E-state index is 10.6. The van der Waals surface area contributed by atoms with Crippen molar-refractivity contribution >= 4 is 10.8 Å². The zero-order chi connectivity index (χ0) is 11.5. The van der Waals surface area contributed by atoms with Crippen LogP contribution < -0.4 is 0 Å². The van der Waals surface area contributed by atoms with E-state index in [9.17, 15) is 10.1 Å². The van der Waals surface area contributed by atoms with Gasteiger partial charge in [0.2, 0.25) is 6.04 Å². The minimum atomic E-state index is -0.527. The number of rotatable bonds is 3. The third-order valence-corrected chi connectivity index (χ3v) is 2.70. The molecule has 2 aromatic rings. The quantitative estimate of drug-likeness (QED) is 0.583. The molecule has 0 heterocycles. The Morgan fingerprint density at radius 3 is 2.56 bits per heavy atom. The lowest BCUT2D eigenvalue weighted by molar-refractivity contribution is -0.517. The van der Waals surface area contributed by atoms with Crippen LogP contribution in [0.3, 0.4) is 0 Å². The molecule has 2 aromatic carbocycles. The Labute approximate surface area is 93.9 Å². The summed E-state index contributed by atoms with van der Waals surface area (Å²) >= 11 is 0. The Hall–Kier alpha value is -1.90. The number of hydrogen-bond donors (Lipinski definition) is 0. The summed E-state index contributed by atoms with van der Waals surface area (Å²) in [5.41, 5.74) is 1.02. The van der Waals surface area contributed by atoms with E-state index in [1.165, 1.54) is 5.39 Å². The lowest BCUT2D eigenvalue weighted by Gasteiger charge is -2.05. The second-order valence-corrected chi connectivity index (χ2v) is 4.02. The lowest BCUT2D eigenvalue weighted by atomic mass is 10.0. The zero-order valence-electron chi connectivity index (χ0n) is 9.09. The summed E-state index contributed by atoms with van der Waals surface area (Å²) in [7, 11) is 0. The predicted molar refractivity (Wildman–Crippen MR) is 64.1 cm³/mol. The molecule has 0 aromatic heterocycles. The maximum Gasteiger partial charge on any atom is 0.214 e. The van der Waals surface area contributed by atoms with Gasteiger partial charge in [-0.15, -0.1) is 0 Å². The molecule has 0 aliphatic carbocycles. The molecule has 0 aliphatic rings. The van der Waals surface area contributed by atoms with Crippen LogP contribution in [-0.2, 0) is 6.42 Å².